The predicted molar refractivity (Wildman–Crippen MR) is 40.4 cm³/mol. The summed E-state index contributed by atoms with van der Waals surface area (Å²) in [4.78, 5) is 9.82. The van der Waals surface area contributed by atoms with Crippen molar-refractivity contribution in [2.45, 2.75) is 0 Å². The van der Waals surface area contributed by atoms with Gasteiger partial charge in [-0.3, -0.25) is 10.1 Å². The summed E-state index contributed by atoms with van der Waals surface area (Å²) < 4.78 is 5.07. The van der Waals surface area contributed by atoms with Gasteiger partial charge in [-0.1, -0.05) is 0 Å². The highest BCUT2D eigenvalue weighted by Gasteiger charge is 2.31. The van der Waals surface area contributed by atoms with Crippen LogP contribution in [0.15, 0.2) is 0 Å². The van der Waals surface area contributed by atoms with Gasteiger partial charge >= 0.3 is 0 Å². The number of hydrogen-bond donors (Lipinski definition) is 0. The summed E-state index contributed by atoms with van der Waals surface area (Å²) in [6.07, 6.45) is 0. The van der Waals surface area contributed by atoms with Crippen molar-refractivity contribution in [3.8, 4) is 0 Å². The summed E-state index contributed by atoms with van der Waals surface area (Å²) in [6.45, 7) is 1.04. The molecule has 0 N–H and O–H groups in total. The van der Waals surface area contributed by atoms with E-state index in [1.165, 1.54) is 0 Å². The van der Waals surface area contributed by atoms with Gasteiger partial charge < -0.3 is 4.74 Å². The molecule has 1 fully saturated rings. The number of alkyl halides is 1. The number of rotatable bonds is 3. The zero-order valence-corrected chi connectivity index (χ0v) is 6.79. The maximum atomic E-state index is 10.1. The number of halogens is 1. The van der Waals surface area contributed by atoms with Gasteiger partial charge in [0, 0.05) is 16.7 Å². The second-order valence-electron chi connectivity index (χ2n) is 2.73. The van der Waals surface area contributed by atoms with Crippen molar-refractivity contribution in [3.05, 3.63) is 10.1 Å². The molecule has 2 atom stereocenters. The zero-order chi connectivity index (χ0) is 8.27. The van der Waals surface area contributed by atoms with Crippen LogP contribution < -0.4 is 0 Å². The first kappa shape index (κ1) is 8.74. The van der Waals surface area contributed by atoms with Crippen molar-refractivity contribution < 1.29 is 9.66 Å². The smallest absolute Gasteiger partial charge is 0.209 e. The van der Waals surface area contributed by atoms with Crippen LogP contribution in [0.25, 0.3) is 0 Å². The van der Waals surface area contributed by atoms with E-state index in [1.807, 2.05) is 0 Å². The molecule has 0 aromatic carbocycles. The fraction of sp³-hybridized carbons (Fsp3) is 1.00. The molecule has 0 saturated carbocycles. The van der Waals surface area contributed by atoms with E-state index in [4.69, 9.17) is 16.3 Å². The van der Waals surface area contributed by atoms with Gasteiger partial charge in [0.15, 0.2) is 0 Å². The molecular formula is C6H10ClNO3. The minimum Gasteiger partial charge on any atom is -0.381 e. The molecule has 1 saturated heterocycles. The third kappa shape index (κ3) is 2.31. The van der Waals surface area contributed by atoms with Crippen LogP contribution in [0.4, 0.5) is 0 Å². The minimum atomic E-state index is -0.307. The Balaban J connectivity index is 2.37. The Hall–Kier alpha value is -0.350. The third-order valence-corrected chi connectivity index (χ3v) is 2.31. The highest BCUT2D eigenvalue weighted by Crippen LogP contribution is 2.21. The van der Waals surface area contributed by atoms with E-state index < -0.39 is 0 Å². The molecule has 0 aliphatic carbocycles. The van der Waals surface area contributed by atoms with Crippen molar-refractivity contribution in [3.63, 3.8) is 0 Å². The Bertz CT molecular complexity index is 153. The van der Waals surface area contributed by atoms with Crippen molar-refractivity contribution in [2.24, 2.45) is 11.8 Å². The lowest BCUT2D eigenvalue weighted by Crippen LogP contribution is -2.22. The van der Waals surface area contributed by atoms with Gasteiger partial charge in [0.1, 0.15) is 0 Å². The van der Waals surface area contributed by atoms with E-state index in [1.54, 1.807) is 0 Å². The quantitative estimate of drug-likeness (QED) is 0.365. The fourth-order valence-electron chi connectivity index (χ4n) is 1.21. The van der Waals surface area contributed by atoms with Crippen LogP contribution in [-0.2, 0) is 4.74 Å². The Morgan fingerprint density at radius 1 is 1.55 bits per heavy atom. The number of ether oxygens (including phenoxy) is 1. The number of nitrogens with zero attached hydrogens (tertiary/aromatic N) is 1. The highest BCUT2D eigenvalue weighted by molar-refractivity contribution is 6.18. The summed E-state index contributed by atoms with van der Waals surface area (Å²) in [5.74, 6) is 0.642. The molecule has 0 amide bonds. The Morgan fingerprint density at radius 3 is 2.73 bits per heavy atom. The second-order valence-corrected chi connectivity index (χ2v) is 3.04. The summed E-state index contributed by atoms with van der Waals surface area (Å²) >= 11 is 5.58. The maximum Gasteiger partial charge on any atom is 0.209 e. The van der Waals surface area contributed by atoms with Crippen LogP contribution >= 0.6 is 11.6 Å². The molecule has 2 unspecified atom stereocenters. The molecular weight excluding hydrogens is 170 g/mol. The van der Waals surface area contributed by atoms with Crippen molar-refractivity contribution in [1.82, 2.24) is 0 Å². The first-order chi connectivity index (χ1) is 5.24. The van der Waals surface area contributed by atoms with Gasteiger partial charge in [-0.2, -0.15) is 0 Å². The maximum absolute atomic E-state index is 10.1. The van der Waals surface area contributed by atoms with Crippen LogP contribution in [-0.4, -0.2) is 30.6 Å². The van der Waals surface area contributed by atoms with Crippen LogP contribution in [0.3, 0.4) is 0 Å². The van der Waals surface area contributed by atoms with E-state index in [9.17, 15) is 10.1 Å². The third-order valence-electron chi connectivity index (χ3n) is 1.91. The highest BCUT2D eigenvalue weighted by atomic mass is 35.5. The lowest BCUT2D eigenvalue weighted by molar-refractivity contribution is -0.488. The molecule has 64 valence electrons. The van der Waals surface area contributed by atoms with Gasteiger partial charge in [0.2, 0.25) is 6.54 Å². The minimum absolute atomic E-state index is 0.0162. The van der Waals surface area contributed by atoms with Crippen LogP contribution in [0.1, 0.15) is 0 Å². The van der Waals surface area contributed by atoms with E-state index >= 15 is 0 Å². The standard InChI is InChI=1S/C6H10ClNO3/c7-1-5-3-11-4-6(5)2-8(9)10/h5-6H,1-4H2. The SMILES string of the molecule is O=[N+]([O-])CC1COCC1CCl. The monoisotopic (exact) mass is 179 g/mol. The molecule has 0 bridgehead atoms. The summed E-state index contributed by atoms with van der Waals surface area (Å²) in [7, 11) is 0. The average Bonchev–Trinajstić information content (AvgIpc) is 2.34. The zero-order valence-electron chi connectivity index (χ0n) is 6.03. The fourth-order valence-corrected chi connectivity index (χ4v) is 1.55. The molecule has 5 heteroatoms. The summed E-state index contributed by atoms with van der Waals surface area (Å²) in [5, 5.41) is 10.1. The molecule has 4 nitrogen and oxygen atoms in total. The molecule has 0 radical (unpaired) electrons. The van der Waals surface area contributed by atoms with Crippen molar-refractivity contribution in [1.29, 1.82) is 0 Å². The first-order valence-corrected chi connectivity index (χ1v) is 4.03. The molecule has 1 aliphatic heterocycles. The second kappa shape index (κ2) is 3.88. The van der Waals surface area contributed by atoms with E-state index in [0.29, 0.717) is 19.1 Å². The van der Waals surface area contributed by atoms with E-state index in [-0.39, 0.29) is 23.3 Å². The Labute approximate surface area is 69.6 Å². The number of hydrogen-bond acceptors (Lipinski definition) is 3. The molecule has 0 aromatic heterocycles. The predicted octanol–water partition coefficient (Wildman–Crippen LogP) is 0.764. The molecule has 1 rings (SSSR count). The van der Waals surface area contributed by atoms with Gasteiger partial charge in [-0.25, -0.2) is 0 Å². The average molecular weight is 180 g/mol. The molecule has 1 heterocycles. The summed E-state index contributed by atoms with van der Waals surface area (Å²) in [5.41, 5.74) is 0. The van der Waals surface area contributed by atoms with Crippen molar-refractivity contribution in [2.75, 3.05) is 25.6 Å². The largest absolute Gasteiger partial charge is 0.381 e. The van der Waals surface area contributed by atoms with Gasteiger partial charge in [0.05, 0.1) is 19.1 Å². The van der Waals surface area contributed by atoms with Gasteiger partial charge in [-0.05, 0) is 0 Å². The Kier molecular flexibility index (Phi) is 3.08. The van der Waals surface area contributed by atoms with Gasteiger partial charge in [0.25, 0.3) is 0 Å². The first-order valence-electron chi connectivity index (χ1n) is 3.49. The molecule has 1 aliphatic rings. The topological polar surface area (TPSA) is 52.4 Å². The lowest BCUT2D eigenvalue weighted by Gasteiger charge is -2.08. The van der Waals surface area contributed by atoms with E-state index in [0.717, 1.165) is 0 Å². The van der Waals surface area contributed by atoms with Gasteiger partial charge in [-0.15, -0.1) is 11.6 Å². The lowest BCUT2D eigenvalue weighted by atomic mass is 9.98. The van der Waals surface area contributed by atoms with Crippen LogP contribution in [0.2, 0.25) is 0 Å². The van der Waals surface area contributed by atoms with Crippen molar-refractivity contribution >= 4 is 11.6 Å². The Morgan fingerprint density at radius 2 is 2.18 bits per heavy atom. The van der Waals surface area contributed by atoms with E-state index in [2.05, 4.69) is 0 Å². The van der Waals surface area contributed by atoms with Crippen LogP contribution in [0.5, 0.6) is 0 Å². The molecule has 0 aromatic rings. The summed E-state index contributed by atoms with van der Waals surface area (Å²) in [6, 6.07) is 0. The molecule has 11 heavy (non-hydrogen) atoms. The molecule has 0 spiro atoms. The number of nitro groups is 1. The normalized spacial score (nSPS) is 30.6. The van der Waals surface area contributed by atoms with Crippen LogP contribution in [0, 0.1) is 22.0 Å².